The Hall–Kier alpha value is -5.04. The van der Waals surface area contributed by atoms with Gasteiger partial charge in [-0.1, -0.05) is 60.7 Å². The number of aryl methyl sites for hydroxylation is 2. The molecular formula is C37H36N2O5. The summed E-state index contributed by atoms with van der Waals surface area (Å²) in [5, 5.41) is 0.863. The first-order chi connectivity index (χ1) is 21.3. The van der Waals surface area contributed by atoms with E-state index < -0.39 is 0 Å². The number of anilines is 1. The fraction of sp³-hybridized carbons (Fsp3) is 0.243. The molecule has 2 heterocycles. The van der Waals surface area contributed by atoms with Gasteiger partial charge < -0.3 is 19.1 Å². The maximum Gasteiger partial charge on any atom is 0.310 e. The van der Waals surface area contributed by atoms with Gasteiger partial charge in [-0.3, -0.25) is 14.2 Å². The summed E-state index contributed by atoms with van der Waals surface area (Å²) < 4.78 is 19.7. The number of likely N-dealkylation sites (N-methyl/N-ethyl adjacent to an activating group) is 1. The Balaban J connectivity index is 1.20. The fourth-order valence-electron chi connectivity index (χ4n) is 6.04. The lowest BCUT2D eigenvalue weighted by Gasteiger charge is -2.33. The number of carbonyl (C=O) groups excluding carboxylic acids is 2. The second kappa shape index (κ2) is 12.3. The number of nitrogens with zero attached hydrogens (tertiary/aromatic N) is 2. The quantitative estimate of drug-likeness (QED) is 0.185. The third-order valence-electron chi connectivity index (χ3n) is 8.18. The second-order valence-corrected chi connectivity index (χ2v) is 11.4. The highest BCUT2D eigenvalue weighted by Crippen LogP contribution is 2.33. The molecule has 1 atom stereocenters. The number of fused-ring (bicyclic) bond motifs is 2. The minimum Gasteiger partial charge on any atom is -0.489 e. The van der Waals surface area contributed by atoms with Crippen LogP contribution in [0.4, 0.5) is 5.69 Å². The van der Waals surface area contributed by atoms with E-state index in [1.54, 1.807) is 4.57 Å². The summed E-state index contributed by atoms with van der Waals surface area (Å²) in [6.07, 6.45) is -0.0468. The Labute approximate surface area is 257 Å². The van der Waals surface area contributed by atoms with Gasteiger partial charge in [-0.05, 0) is 73.4 Å². The molecule has 6 rings (SSSR count). The van der Waals surface area contributed by atoms with Crippen LogP contribution in [-0.2, 0) is 22.6 Å². The number of aromatic nitrogens is 1. The number of para-hydroxylation sites is 3. The monoisotopic (exact) mass is 588 g/mol. The van der Waals surface area contributed by atoms with E-state index in [0.717, 1.165) is 56.0 Å². The van der Waals surface area contributed by atoms with E-state index in [2.05, 4.69) is 11.9 Å². The van der Waals surface area contributed by atoms with Crippen LogP contribution in [0, 0.1) is 20.8 Å². The molecule has 44 heavy (non-hydrogen) atoms. The second-order valence-electron chi connectivity index (χ2n) is 11.4. The molecule has 7 heteroatoms. The first-order valence-electron chi connectivity index (χ1n) is 14.8. The van der Waals surface area contributed by atoms with E-state index >= 15 is 0 Å². The lowest BCUT2D eigenvalue weighted by Crippen LogP contribution is -2.41. The molecule has 0 saturated heterocycles. The number of benzene rings is 4. The lowest BCUT2D eigenvalue weighted by atomic mass is 10.0. The van der Waals surface area contributed by atoms with Crippen LogP contribution in [0.1, 0.15) is 38.3 Å². The number of hydrogen-bond donors (Lipinski definition) is 0. The Morgan fingerprint density at radius 1 is 0.886 bits per heavy atom. The number of hydrogen-bond acceptors (Lipinski definition) is 6. The van der Waals surface area contributed by atoms with Gasteiger partial charge in [0.1, 0.15) is 30.8 Å². The minimum atomic E-state index is -0.336. The molecule has 0 N–H and O–H groups in total. The predicted octanol–water partition coefficient (Wildman–Crippen LogP) is 6.82. The maximum absolute atomic E-state index is 14.0. The van der Waals surface area contributed by atoms with Crippen LogP contribution in [0.3, 0.4) is 0 Å². The van der Waals surface area contributed by atoms with E-state index in [-0.39, 0.29) is 31.0 Å². The van der Waals surface area contributed by atoms with E-state index in [0.29, 0.717) is 18.7 Å². The summed E-state index contributed by atoms with van der Waals surface area (Å²) >= 11 is 0. The summed E-state index contributed by atoms with van der Waals surface area (Å²) in [6, 6.07) is 29.0. The third-order valence-corrected chi connectivity index (χ3v) is 8.18. The van der Waals surface area contributed by atoms with Crippen LogP contribution < -0.4 is 14.4 Å². The van der Waals surface area contributed by atoms with Crippen molar-refractivity contribution in [2.24, 2.45) is 0 Å². The molecule has 0 aliphatic carbocycles. The van der Waals surface area contributed by atoms with Crippen LogP contribution in [0.2, 0.25) is 0 Å². The predicted molar refractivity (Wildman–Crippen MR) is 172 cm³/mol. The van der Waals surface area contributed by atoms with Gasteiger partial charge in [0.2, 0.25) is 0 Å². The number of esters is 1. The molecule has 1 aliphatic rings. The molecule has 4 aromatic carbocycles. The molecule has 0 spiro atoms. The van der Waals surface area contributed by atoms with Crippen molar-refractivity contribution >= 4 is 28.5 Å². The number of carbonyl (C=O) groups is 2. The zero-order valence-corrected chi connectivity index (χ0v) is 25.5. The highest BCUT2D eigenvalue weighted by molar-refractivity contribution is 6.05. The highest BCUT2D eigenvalue weighted by Gasteiger charge is 2.25. The molecule has 0 bridgehead atoms. The van der Waals surface area contributed by atoms with Crippen LogP contribution in [-0.4, -0.2) is 42.7 Å². The molecule has 0 radical (unpaired) electrons. The zero-order valence-electron chi connectivity index (χ0n) is 25.5. The largest absolute Gasteiger partial charge is 0.489 e. The van der Waals surface area contributed by atoms with Crippen LogP contribution in [0.5, 0.6) is 11.5 Å². The summed E-state index contributed by atoms with van der Waals surface area (Å²) in [4.78, 5) is 29.1. The zero-order chi connectivity index (χ0) is 30.8. The van der Waals surface area contributed by atoms with Crippen molar-refractivity contribution in [2.45, 2.75) is 39.9 Å². The molecule has 0 fully saturated rings. The summed E-state index contributed by atoms with van der Waals surface area (Å²) in [7, 11) is 2.05. The van der Waals surface area contributed by atoms with Crippen molar-refractivity contribution in [1.29, 1.82) is 0 Å². The Morgan fingerprint density at radius 3 is 2.34 bits per heavy atom. The number of ether oxygens (including phenoxy) is 3. The Morgan fingerprint density at radius 2 is 1.57 bits per heavy atom. The highest BCUT2D eigenvalue weighted by atomic mass is 16.5. The van der Waals surface area contributed by atoms with Crippen LogP contribution >= 0.6 is 0 Å². The van der Waals surface area contributed by atoms with Gasteiger partial charge in [0.05, 0.1) is 24.2 Å². The third kappa shape index (κ3) is 5.78. The van der Waals surface area contributed by atoms with Crippen molar-refractivity contribution in [1.82, 2.24) is 4.57 Å². The summed E-state index contributed by atoms with van der Waals surface area (Å²) in [6.45, 7) is 7.11. The van der Waals surface area contributed by atoms with Crippen molar-refractivity contribution in [3.8, 4) is 11.5 Å². The van der Waals surface area contributed by atoms with Gasteiger partial charge in [-0.2, -0.15) is 0 Å². The molecule has 224 valence electrons. The van der Waals surface area contributed by atoms with Gasteiger partial charge in [0.15, 0.2) is 0 Å². The fourth-order valence-corrected chi connectivity index (χ4v) is 6.04. The maximum atomic E-state index is 14.0. The standard InChI is InChI=1S/C37H36N2O5/c1-24-18-28(19-25(2)36(24)43-23-29-21-38(4)33-16-10-11-17-34(33)44-29)37(41)39-26(3)31(30-14-8-9-15-32(30)39)20-35(40)42-22-27-12-6-5-7-13-27/h5-19,29H,20-23H2,1-4H3/t29-/m0/s1. The molecule has 0 amide bonds. The molecule has 5 aromatic rings. The van der Waals surface area contributed by atoms with Gasteiger partial charge >= 0.3 is 5.97 Å². The molecule has 1 aliphatic heterocycles. The number of rotatable bonds is 8. The van der Waals surface area contributed by atoms with Crippen LogP contribution in [0.15, 0.2) is 91.0 Å². The van der Waals surface area contributed by atoms with Crippen molar-refractivity contribution < 1.29 is 23.8 Å². The molecule has 7 nitrogen and oxygen atoms in total. The van der Waals surface area contributed by atoms with E-state index in [1.807, 2.05) is 112 Å². The Kier molecular flexibility index (Phi) is 8.11. The SMILES string of the molecule is Cc1cc(C(=O)n2c(C)c(CC(=O)OCc3ccccc3)c3ccccc32)cc(C)c1OC[C@@H]1CN(C)c2ccccc2O1. The Bertz CT molecular complexity index is 1820. The first kappa shape index (κ1) is 29.1. The van der Waals surface area contributed by atoms with Crippen molar-refractivity contribution in [2.75, 3.05) is 25.1 Å². The van der Waals surface area contributed by atoms with Crippen molar-refractivity contribution in [3.63, 3.8) is 0 Å². The van der Waals surface area contributed by atoms with E-state index in [9.17, 15) is 9.59 Å². The normalized spacial score (nSPS) is 14.2. The van der Waals surface area contributed by atoms with Gasteiger partial charge in [-0.25, -0.2) is 0 Å². The molecule has 0 unspecified atom stereocenters. The van der Waals surface area contributed by atoms with Gasteiger partial charge in [0, 0.05) is 23.7 Å². The van der Waals surface area contributed by atoms with Crippen molar-refractivity contribution in [3.05, 3.63) is 125 Å². The minimum absolute atomic E-state index is 0.0766. The lowest BCUT2D eigenvalue weighted by molar-refractivity contribution is -0.144. The van der Waals surface area contributed by atoms with Crippen LogP contribution in [0.25, 0.3) is 10.9 Å². The molecular weight excluding hydrogens is 552 g/mol. The smallest absolute Gasteiger partial charge is 0.310 e. The molecule has 0 saturated carbocycles. The van der Waals surface area contributed by atoms with Gasteiger partial charge in [0.25, 0.3) is 5.91 Å². The topological polar surface area (TPSA) is 70.0 Å². The average Bonchev–Trinajstić information content (AvgIpc) is 3.30. The van der Waals surface area contributed by atoms with E-state index in [1.165, 1.54) is 0 Å². The average molecular weight is 589 g/mol. The molecule has 1 aromatic heterocycles. The first-order valence-corrected chi connectivity index (χ1v) is 14.8. The van der Waals surface area contributed by atoms with E-state index in [4.69, 9.17) is 14.2 Å². The summed E-state index contributed by atoms with van der Waals surface area (Å²) in [5.41, 5.74) is 6.57. The van der Waals surface area contributed by atoms with Gasteiger partial charge in [-0.15, -0.1) is 0 Å². The summed E-state index contributed by atoms with van der Waals surface area (Å²) in [5.74, 6) is 1.11.